The van der Waals surface area contributed by atoms with Crippen LogP contribution in [0.1, 0.15) is 18.9 Å². The van der Waals surface area contributed by atoms with E-state index in [9.17, 15) is 18.0 Å². The lowest BCUT2D eigenvalue weighted by Gasteiger charge is -2.33. The molecule has 0 spiro atoms. The number of benzene rings is 2. The molecule has 0 aliphatic heterocycles. The summed E-state index contributed by atoms with van der Waals surface area (Å²) in [5, 5.41) is 2.60. The number of carbonyl (C=O) groups excluding carboxylic acids is 2. The van der Waals surface area contributed by atoms with Crippen LogP contribution in [-0.4, -0.2) is 70.3 Å². The first-order valence-corrected chi connectivity index (χ1v) is 11.9. The zero-order valence-electron chi connectivity index (χ0n) is 19.7. The number of para-hydroxylation sites is 1. The molecule has 0 unspecified atom stereocenters. The molecule has 10 heteroatoms. The lowest BCUT2D eigenvalue weighted by molar-refractivity contribution is -0.140. The van der Waals surface area contributed by atoms with Crippen LogP contribution < -0.4 is 14.4 Å². The summed E-state index contributed by atoms with van der Waals surface area (Å²) in [6.07, 6.45) is 0.368. The van der Waals surface area contributed by atoms with E-state index in [1.54, 1.807) is 68.6 Å². The lowest BCUT2D eigenvalue weighted by Crippen LogP contribution is -2.52. The molecule has 0 fully saturated rings. The van der Waals surface area contributed by atoms with Crippen molar-refractivity contribution in [1.29, 1.82) is 0 Å². The predicted octanol–water partition coefficient (Wildman–Crippen LogP) is 1.86. The molecule has 2 rings (SSSR count). The van der Waals surface area contributed by atoms with Crippen molar-refractivity contribution >= 4 is 27.7 Å². The van der Waals surface area contributed by atoms with Crippen LogP contribution in [-0.2, 0) is 26.3 Å². The van der Waals surface area contributed by atoms with Crippen LogP contribution in [0.2, 0.25) is 0 Å². The maximum atomic E-state index is 13.5. The largest absolute Gasteiger partial charge is 0.497 e. The second-order valence-electron chi connectivity index (χ2n) is 7.54. The van der Waals surface area contributed by atoms with E-state index in [1.807, 2.05) is 0 Å². The monoisotopic (exact) mass is 476 g/mol. The summed E-state index contributed by atoms with van der Waals surface area (Å²) < 4.78 is 33.4. The first kappa shape index (κ1) is 26.1. The molecular weight excluding hydrogens is 444 g/mol. The van der Waals surface area contributed by atoms with Crippen molar-refractivity contribution in [3.63, 3.8) is 0 Å². The number of methoxy groups -OCH3 is 1. The summed E-state index contributed by atoms with van der Waals surface area (Å²) in [5.41, 5.74) is 1.14. The molecule has 0 aliphatic carbocycles. The Bertz CT molecular complexity index is 1030. The summed E-state index contributed by atoms with van der Waals surface area (Å²) in [6.45, 7) is 1.49. The molecule has 0 aromatic heterocycles. The van der Waals surface area contributed by atoms with Gasteiger partial charge in [0.25, 0.3) is 0 Å². The molecule has 0 heterocycles. The van der Waals surface area contributed by atoms with Crippen LogP contribution in [0.5, 0.6) is 5.75 Å². The second kappa shape index (κ2) is 11.7. The number of nitrogens with one attached hydrogen (secondary N) is 1. The average molecular weight is 477 g/mol. The van der Waals surface area contributed by atoms with Crippen LogP contribution in [0.15, 0.2) is 54.6 Å². The number of likely N-dealkylation sites (N-methyl/N-ethyl adjacent to an activating group) is 1. The van der Waals surface area contributed by atoms with Crippen molar-refractivity contribution in [3.05, 3.63) is 60.2 Å². The number of amides is 2. The van der Waals surface area contributed by atoms with Gasteiger partial charge in [-0.2, -0.15) is 12.7 Å². The Morgan fingerprint density at radius 2 is 1.64 bits per heavy atom. The number of nitrogens with zero attached hydrogens (tertiary/aromatic N) is 3. The number of hydrogen-bond acceptors (Lipinski definition) is 5. The average Bonchev–Trinajstić information content (AvgIpc) is 2.82. The minimum atomic E-state index is -3.96. The fourth-order valence-corrected chi connectivity index (χ4v) is 4.38. The highest BCUT2D eigenvalue weighted by Gasteiger charge is 2.33. The number of hydrogen-bond donors (Lipinski definition) is 1. The van der Waals surface area contributed by atoms with Crippen LogP contribution in [0.25, 0.3) is 0 Å². The van der Waals surface area contributed by atoms with Gasteiger partial charge in [-0.15, -0.1) is 0 Å². The summed E-state index contributed by atoms with van der Waals surface area (Å²) in [7, 11) is 1.93. The fraction of sp³-hybridized carbons (Fsp3) is 0.391. The number of rotatable bonds is 11. The van der Waals surface area contributed by atoms with Gasteiger partial charge < -0.3 is 15.0 Å². The third-order valence-corrected chi connectivity index (χ3v) is 7.03. The molecule has 1 N–H and O–H groups in total. The number of anilines is 1. The highest BCUT2D eigenvalue weighted by atomic mass is 32.2. The van der Waals surface area contributed by atoms with Crippen LogP contribution in [0.3, 0.4) is 0 Å². The minimum absolute atomic E-state index is 0.138. The number of carbonyl (C=O) groups is 2. The molecule has 2 aromatic rings. The first-order chi connectivity index (χ1) is 15.6. The maximum absolute atomic E-state index is 13.5. The Labute approximate surface area is 196 Å². The molecule has 0 aliphatic rings. The summed E-state index contributed by atoms with van der Waals surface area (Å²) >= 11 is 0. The molecule has 2 aromatic carbocycles. The molecule has 1 atom stereocenters. The van der Waals surface area contributed by atoms with Crippen molar-refractivity contribution in [3.8, 4) is 5.75 Å². The van der Waals surface area contributed by atoms with Gasteiger partial charge in [0.15, 0.2) is 0 Å². The standard InChI is InChI=1S/C23H32N4O5S/c1-6-21(23(29)24-2)26(16-18-12-14-20(32-5)15-13-18)22(28)17-27(33(30,31)25(3)4)19-10-8-7-9-11-19/h7-15,21H,6,16-17H2,1-5H3,(H,24,29)/t21-/m1/s1. The van der Waals surface area contributed by atoms with Gasteiger partial charge in [0.2, 0.25) is 11.8 Å². The zero-order valence-corrected chi connectivity index (χ0v) is 20.5. The number of ether oxygens (including phenoxy) is 1. The van der Waals surface area contributed by atoms with Gasteiger partial charge in [0.1, 0.15) is 18.3 Å². The van der Waals surface area contributed by atoms with E-state index in [0.29, 0.717) is 17.9 Å². The summed E-state index contributed by atoms with van der Waals surface area (Å²) in [5.74, 6) is -0.140. The Morgan fingerprint density at radius 3 is 2.12 bits per heavy atom. The molecule has 0 bridgehead atoms. The topological polar surface area (TPSA) is 99.3 Å². The highest BCUT2D eigenvalue weighted by molar-refractivity contribution is 7.90. The van der Waals surface area contributed by atoms with E-state index in [2.05, 4.69) is 5.32 Å². The Kier molecular flexibility index (Phi) is 9.24. The lowest BCUT2D eigenvalue weighted by atomic mass is 10.1. The minimum Gasteiger partial charge on any atom is -0.497 e. The predicted molar refractivity (Wildman–Crippen MR) is 128 cm³/mol. The van der Waals surface area contributed by atoms with E-state index < -0.39 is 28.7 Å². The van der Waals surface area contributed by atoms with Crippen LogP contribution in [0.4, 0.5) is 5.69 Å². The summed E-state index contributed by atoms with van der Waals surface area (Å²) in [6, 6.07) is 14.8. The van der Waals surface area contributed by atoms with Gasteiger partial charge in [-0.1, -0.05) is 37.3 Å². The zero-order chi connectivity index (χ0) is 24.6. The molecule has 33 heavy (non-hydrogen) atoms. The van der Waals surface area contributed by atoms with Crippen molar-refractivity contribution in [2.75, 3.05) is 39.1 Å². The van der Waals surface area contributed by atoms with E-state index in [4.69, 9.17) is 4.74 Å². The van der Waals surface area contributed by atoms with Gasteiger partial charge in [0.05, 0.1) is 12.8 Å². The van der Waals surface area contributed by atoms with E-state index in [0.717, 1.165) is 14.2 Å². The van der Waals surface area contributed by atoms with Crippen molar-refractivity contribution in [2.24, 2.45) is 0 Å². The van der Waals surface area contributed by atoms with E-state index >= 15 is 0 Å². The van der Waals surface area contributed by atoms with Gasteiger partial charge in [-0.25, -0.2) is 4.31 Å². The Morgan fingerprint density at radius 1 is 1.03 bits per heavy atom. The van der Waals surface area contributed by atoms with E-state index in [1.165, 1.54) is 26.0 Å². The highest BCUT2D eigenvalue weighted by Crippen LogP contribution is 2.21. The van der Waals surface area contributed by atoms with Crippen LogP contribution >= 0.6 is 0 Å². The fourth-order valence-electron chi connectivity index (χ4n) is 3.32. The molecular formula is C23H32N4O5S. The first-order valence-electron chi connectivity index (χ1n) is 10.5. The second-order valence-corrected chi connectivity index (χ2v) is 9.61. The maximum Gasteiger partial charge on any atom is 0.304 e. The normalized spacial score (nSPS) is 12.2. The van der Waals surface area contributed by atoms with Crippen molar-refractivity contribution in [2.45, 2.75) is 25.9 Å². The quantitative estimate of drug-likeness (QED) is 0.534. The van der Waals surface area contributed by atoms with Crippen LogP contribution in [0, 0.1) is 0 Å². The molecule has 2 amide bonds. The third-order valence-electron chi connectivity index (χ3n) is 5.21. The smallest absolute Gasteiger partial charge is 0.304 e. The third kappa shape index (κ3) is 6.45. The van der Waals surface area contributed by atoms with Crippen molar-refractivity contribution < 1.29 is 22.7 Å². The SMILES string of the molecule is CC[C@H](C(=O)NC)N(Cc1ccc(OC)cc1)C(=O)CN(c1ccccc1)S(=O)(=O)N(C)C. The van der Waals surface area contributed by atoms with Gasteiger partial charge in [0, 0.05) is 27.7 Å². The molecule has 0 saturated carbocycles. The Hall–Kier alpha value is -3.11. The van der Waals surface area contributed by atoms with E-state index in [-0.39, 0.29) is 12.5 Å². The summed E-state index contributed by atoms with van der Waals surface area (Å²) in [4.78, 5) is 27.5. The van der Waals surface area contributed by atoms with Crippen molar-refractivity contribution in [1.82, 2.24) is 14.5 Å². The Balaban J connectivity index is 2.44. The van der Waals surface area contributed by atoms with Gasteiger partial charge in [-0.05, 0) is 36.2 Å². The van der Waals surface area contributed by atoms with Gasteiger partial charge >= 0.3 is 10.2 Å². The molecule has 0 saturated heterocycles. The molecule has 180 valence electrons. The molecule has 0 radical (unpaired) electrons. The van der Waals surface area contributed by atoms with Gasteiger partial charge in [-0.3, -0.25) is 9.59 Å². The molecule has 9 nitrogen and oxygen atoms in total.